The van der Waals surface area contributed by atoms with Crippen molar-refractivity contribution < 1.29 is 60.6 Å². The van der Waals surface area contributed by atoms with E-state index in [1.807, 2.05) is 12.1 Å². The van der Waals surface area contributed by atoms with E-state index in [0.29, 0.717) is 17.3 Å². The van der Waals surface area contributed by atoms with E-state index in [1.165, 1.54) is 20.2 Å². The number of hydrogen-bond donors (Lipinski definition) is 2. The number of aryl methyl sites for hydroxylation is 3. The van der Waals surface area contributed by atoms with Crippen molar-refractivity contribution in [1.29, 1.82) is 0 Å². The van der Waals surface area contributed by atoms with Gasteiger partial charge in [-0.1, -0.05) is 24.3 Å². The summed E-state index contributed by atoms with van der Waals surface area (Å²) >= 11 is 0. The van der Waals surface area contributed by atoms with Gasteiger partial charge in [0.2, 0.25) is 17.5 Å². The number of Topliss-reactive ketones (excluding diaryl/α,β-unsaturated/α-hetero) is 1. The molecule has 0 atom stereocenters. The molecule has 4 heterocycles. The van der Waals surface area contributed by atoms with E-state index < -0.39 is 81.4 Å². The second-order valence-electron chi connectivity index (χ2n) is 12.8. The van der Waals surface area contributed by atoms with Crippen molar-refractivity contribution in [2.75, 3.05) is 0 Å². The average molecular weight is 806 g/mol. The summed E-state index contributed by atoms with van der Waals surface area (Å²) in [5, 5.41) is 33.9. The Morgan fingerprint density at radius 3 is 1.74 bits per heavy atom. The molecule has 3 aromatic heterocycles. The quantitative estimate of drug-likeness (QED) is 0.118. The fourth-order valence-corrected chi connectivity index (χ4v) is 5.93. The van der Waals surface area contributed by atoms with Gasteiger partial charge in [-0.25, -0.2) is 23.2 Å². The van der Waals surface area contributed by atoms with Crippen LogP contribution in [0.5, 0.6) is 11.5 Å². The molecule has 1 aliphatic heterocycles. The van der Waals surface area contributed by atoms with Crippen molar-refractivity contribution in [1.82, 2.24) is 25.5 Å². The van der Waals surface area contributed by atoms with Crippen LogP contribution in [-0.2, 0) is 43.3 Å². The number of ketones is 1. The summed E-state index contributed by atoms with van der Waals surface area (Å²) in [5.74, 6) is -10.1. The van der Waals surface area contributed by atoms with Crippen molar-refractivity contribution in [3.63, 3.8) is 0 Å². The van der Waals surface area contributed by atoms with E-state index in [-0.39, 0.29) is 64.5 Å². The van der Waals surface area contributed by atoms with E-state index in [1.54, 1.807) is 12.1 Å². The molecule has 298 valence electrons. The van der Waals surface area contributed by atoms with Crippen molar-refractivity contribution >= 4 is 45.5 Å². The normalized spacial score (nSPS) is 12.6. The Morgan fingerprint density at radius 1 is 0.759 bits per heavy atom. The third kappa shape index (κ3) is 8.11. The first kappa shape index (κ1) is 40.3. The summed E-state index contributed by atoms with van der Waals surface area (Å²) in [6.07, 6.45) is 0.710. The molecule has 7 rings (SSSR count). The van der Waals surface area contributed by atoms with E-state index in [0.717, 1.165) is 23.3 Å². The van der Waals surface area contributed by atoms with Gasteiger partial charge >= 0.3 is 17.2 Å². The molecule has 0 saturated carbocycles. The molecule has 6 aromatic rings. The summed E-state index contributed by atoms with van der Waals surface area (Å²) in [6.45, 7) is 2.80. The van der Waals surface area contributed by atoms with Crippen LogP contribution in [-0.4, -0.2) is 59.2 Å². The number of aromatic hydroxyl groups is 2. The Labute approximate surface area is 321 Å². The third-order valence-electron chi connectivity index (χ3n) is 9.10. The standard InChI is InChI=1S/C22H16F2N4O4.C16H11F2NO7/c1-11-15-9-17(23)19(30)18(24)20(15)32-22(31)16(11)8-14(29)7-4-12-2-5-13(6-3-12)21-27-25-10-26-28-21;1-6-7-4-9(17)14(23)13(18)15(7)25-16(24)8(6)5-12(22)26-19-10(20)2-3-11(19)21/h2-3,5-6,9-10,30H,4,7-8H2,1H3;4,23H,2-3,5H2,1H3. The molecule has 1 fully saturated rings. The Morgan fingerprint density at radius 2 is 1.24 bits per heavy atom. The SMILES string of the molecule is Cc1c(CC(=O)CCc2ccc(-c3nncnn3)cc2)c(=O)oc2c(F)c(O)c(F)cc12.Cc1c(CC(=O)ON2C(=O)CCC2=O)c(=O)oc2c(F)c(O)c(F)cc12. The monoisotopic (exact) mass is 805 g/mol. The Kier molecular flexibility index (Phi) is 11.4. The molecule has 2 amide bonds. The number of carbonyl (C=O) groups excluding carboxylic acids is 4. The lowest BCUT2D eigenvalue weighted by molar-refractivity contribution is -0.197. The van der Waals surface area contributed by atoms with Crippen LogP contribution in [0.15, 0.2) is 61.1 Å². The number of phenols is 2. The summed E-state index contributed by atoms with van der Waals surface area (Å²) in [4.78, 5) is 76.3. The molecule has 1 saturated heterocycles. The highest BCUT2D eigenvalue weighted by atomic mass is 19.1. The van der Waals surface area contributed by atoms with Crippen LogP contribution in [0.25, 0.3) is 33.3 Å². The van der Waals surface area contributed by atoms with Gasteiger partial charge in [-0.05, 0) is 49.1 Å². The molecule has 1 aliphatic rings. The fraction of sp³-hybridized carbons (Fsp3) is 0.211. The first-order chi connectivity index (χ1) is 27.5. The highest BCUT2D eigenvalue weighted by Crippen LogP contribution is 2.32. The second-order valence-corrected chi connectivity index (χ2v) is 12.8. The lowest BCUT2D eigenvalue weighted by Crippen LogP contribution is -2.33. The lowest BCUT2D eigenvalue weighted by Gasteiger charge is -2.13. The predicted octanol–water partition coefficient (Wildman–Crippen LogP) is 4.31. The number of halogens is 4. The molecule has 20 heteroatoms. The van der Waals surface area contributed by atoms with Crippen LogP contribution in [0.1, 0.15) is 47.1 Å². The van der Waals surface area contributed by atoms with Gasteiger partial charge in [-0.2, -0.15) is 8.78 Å². The number of imide groups is 1. The molecular formula is C38H27F4N5O11. The number of hydroxylamine groups is 2. The number of nitrogens with zero attached hydrogens (tertiary/aromatic N) is 5. The molecule has 0 spiro atoms. The largest absolute Gasteiger partial charge is 0.503 e. The molecule has 58 heavy (non-hydrogen) atoms. The zero-order chi connectivity index (χ0) is 42.0. The summed E-state index contributed by atoms with van der Waals surface area (Å²) in [6, 6.07) is 8.87. The highest BCUT2D eigenvalue weighted by Gasteiger charge is 2.33. The van der Waals surface area contributed by atoms with Crippen molar-refractivity contribution in [3.8, 4) is 22.9 Å². The zero-order valence-electron chi connectivity index (χ0n) is 30.1. The van der Waals surface area contributed by atoms with Gasteiger partial charge in [0, 0.05) is 47.6 Å². The second kappa shape index (κ2) is 16.4. The molecule has 3 aromatic carbocycles. The number of phenolic OH excluding ortho intramolecular Hbond substituents is 2. The van der Waals surface area contributed by atoms with Gasteiger partial charge in [-0.3, -0.25) is 14.4 Å². The average Bonchev–Trinajstić information content (AvgIpc) is 3.52. The van der Waals surface area contributed by atoms with Crippen LogP contribution < -0.4 is 11.3 Å². The first-order valence-electron chi connectivity index (χ1n) is 17.0. The summed E-state index contributed by atoms with van der Waals surface area (Å²) in [5.41, 5.74) is -1.55. The molecule has 0 unspecified atom stereocenters. The van der Waals surface area contributed by atoms with Crippen LogP contribution in [0.4, 0.5) is 17.6 Å². The smallest absolute Gasteiger partial charge is 0.340 e. The number of fused-ring (bicyclic) bond motifs is 2. The number of carbonyl (C=O) groups is 4. The molecule has 2 N–H and O–H groups in total. The minimum absolute atomic E-state index is 0.0112. The van der Waals surface area contributed by atoms with Crippen LogP contribution in [0.3, 0.4) is 0 Å². The minimum Gasteiger partial charge on any atom is -0.503 e. The number of aromatic nitrogens is 4. The van der Waals surface area contributed by atoms with E-state index in [4.69, 9.17) is 8.83 Å². The van der Waals surface area contributed by atoms with Gasteiger partial charge < -0.3 is 23.9 Å². The maximum Gasteiger partial charge on any atom is 0.340 e. The van der Waals surface area contributed by atoms with Gasteiger partial charge in [-0.15, -0.1) is 25.5 Å². The van der Waals surface area contributed by atoms with Crippen molar-refractivity contribution in [2.45, 2.75) is 52.4 Å². The number of amides is 2. The molecule has 0 bridgehead atoms. The molecule has 16 nitrogen and oxygen atoms in total. The summed E-state index contributed by atoms with van der Waals surface area (Å²) in [7, 11) is 0. The predicted molar refractivity (Wildman–Crippen MR) is 189 cm³/mol. The van der Waals surface area contributed by atoms with E-state index in [2.05, 4.69) is 25.2 Å². The Hall–Kier alpha value is -7.38. The van der Waals surface area contributed by atoms with Gasteiger partial charge in [0.05, 0.1) is 12.0 Å². The first-order valence-corrected chi connectivity index (χ1v) is 17.0. The van der Waals surface area contributed by atoms with Crippen LogP contribution in [0, 0.1) is 37.1 Å². The highest BCUT2D eigenvalue weighted by molar-refractivity contribution is 6.01. The number of benzene rings is 3. The van der Waals surface area contributed by atoms with E-state index in [9.17, 15) is 56.5 Å². The van der Waals surface area contributed by atoms with Gasteiger partial charge in [0.1, 0.15) is 5.78 Å². The molecule has 0 radical (unpaired) electrons. The van der Waals surface area contributed by atoms with Crippen molar-refractivity contribution in [2.24, 2.45) is 0 Å². The van der Waals surface area contributed by atoms with Crippen LogP contribution in [0.2, 0.25) is 0 Å². The maximum atomic E-state index is 14.1. The fourth-order valence-electron chi connectivity index (χ4n) is 5.93. The lowest BCUT2D eigenvalue weighted by atomic mass is 9.98. The minimum atomic E-state index is -1.44. The molecule has 0 aliphatic carbocycles. The topological polar surface area (TPSA) is 233 Å². The maximum absolute atomic E-state index is 14.1. The van der Waals surface area contributed by atoms with Gasteiger partial charge in [0.25, 0.3) is 11.8 Å². The number of rotatable bonds is 9. The van der Waals surface area contributed by atoms with Crippen molar-refractivity contribution in [3.05, 3.63) is 115 Å². The molecular weight excluding hydrogens is 778 g/mol. The van der Waals surface area contributed by atoms with Crippen LogP contribution >= 0.6 is 0 Å². The summed E-state index contributed by atoms with van der Waals surface area (Å²) < 4.78 is 64.9. The third-order valence-corrected chi connectivity index (χ3v) is 9.10. The van der Waals surface area contributed by atoms with Gasteiger partial charge in [0.15, 0.2) is 40.6 Å². The number of hydrogen-bond acceptors (Lipinski definition) is 15. The Balaban J connectivity index is 0.000000200. The zero-order valence-corrected chi connectivity index (χ0v) is 30.1. The Bertz CT molecular complexity index is 2760. The van der Waals surface area contributed by atoms with E-state index >= 15 is 0 Å².